The molecule has 7 nitrogen and oxygen atoms in total. The number of aromatic nitrogens is 2. The molecule has 2 heterocycles. The van der Waals surface area contributed by atoms with E-state index in [2.05, 4.69) is 20.6 Å². The fourth-order valence-corrected chi connectivity index (χ4v) is 4.32. The van der Waals surface area contributed by atoms with Gasteiger partial charge in [0.2, 0.25) is 11.8 Å². The Morgan fingerprint density at radius 1 is 1.19 bits per heavy atom. The molecule has 1 atom stereocenters. The molecule has 2 amide bonds. The Morgan fingerprint density at radius 3 is 2.74 bits per heavy atom. The molecular weight excluding hydrogens is 436 g/mol. The van der Waals surface area contributed by atoms with Crippen LogP contribution in [-0.2, 0) is 15.3 Å². The van der Waals surface area contributed by atoms with E-state index in [9.17, 15) is 14.4 Å². The molecule has 3 aromatic rings. The molecule has 0 radical (unpaired) electrons. The number of benzene rings is 2. The molecule has 0 unspecified atom stereocenters. The highest BCUT2D eigenvalue weighted by Crippen LogP contribution is 2.32. The number of carbonyl (C=O) groups excluding carboxylic acids is 2. The molecule has 0 fully saturated rings. The van der Waals surface area contributed by atoms with Crippen LogP contribution in [0.1, 0.15) is 29.0 Å². The zero-order chi connectivity index (χ0) is 22.0. The number of hydrogen-bond donors (Lipinski definition) is 3. The van der Waals surface area contributed by atoms with Crippen molar-refractivity contribution in [1.82, 2.24) is 9.97 Å². The Labute approximate surface area is 187 Å². The molecule has 1 aromatic heterocycles. The van der Waals surface area contributed by atoms with Crippen LogP contribution in [0.5, 0.6) is 0 Å². The number of fused-ring (bicyclic) bond motifs is 1. The minimum absolute atomic E-state index is 0.124. The molecule has 0 bridgehead atoms. The monoisotopic (exact) mass is 454 g/mol. The van der Waals surface area contributed by atoms with Gasteiger partial charge in [-0.2, -0.15) is 0 Å². The van der Waals surface area contributed by atoms with E-state index >= 15 is 0 Å². The van der Waals surface area contributed by atoms with Crippen LogP contribution in [0, 0.1) is 6.92 Å². The first kappa shape index (κ1) is 21.1. The van der Waals surface area contributed by atoms with Crippen molar-refractivity contribution in [3.8, 4) is 0 Å². The highest BCUT2D eigenvalue weighted by Gasteiger charge is 2.35. The van der Waals surface area contributed by atoms with Gasteiger partial charge < -0.3 is 15.6 Å². The normalized spacial score (nSPS) is 15.2. The smallest absolute Gasteiger partial charge is 0.257 e. The Hall–Kier alpha value is -3.10. The van der Waals surface area contributed by atoms with E-state index in [-0.39, 0.29) is 23.7 Å². The van der Waals surface area contributed by atoms with Gasteiger partial charge in [0.25, 0.3) is 5.56 Å². The van der Waals surface area contributed by atoms with Crippen molar-refractivity contribution in [1.29, 1.82) is 0 Å². The van der Waals surface area contributed by atoms with Gasteiger partial charge in [-0.15, -0.1) is 0 Å². The van der Waals surface area contributed by atoms with Crippen LogP contribution < -0.4 is 16.2 Å². The van der Waals surface area contributed by atoms with Crippen LogP contribution in [0.4, 0.5) is 11.5 Å². The van der Waals surface area contributed by atoms with Crippen molar-refractivity contribution in [3.05, 3.63) is 80.6 Å². The maximum atomic E-state index is 13.0. The highest BCUT2D eigenvalue weighted by molar-refractivity contribution is 7.98. The molecule has 1 aliphatic heterocycles. The van der Waals surface area contributed by atoms with E-state index in [1.54, 1.807) is 25.1 Å². The predicted molar refractivity (Wildman–Crippen MR) is 122 cm³/mol. The standard InChI is InChI=1S/C22H19ClN4O3S/c1-12-15(23)8-5-9-16(12)24-20(29)14-10-17(28)25-19-18(14)21(30)27-22(26-19)31-11-13-6-3-2-4-7-13/h2-9,14H,10-11H2,1H3,(H,24,29)(H2,25,26,27,28,30)/t14-/m0/s1. The van der Waals surface area contributed by atoms with E-state index in [0.29, 0.717) is 27.2 Å². The van der Waals surface area contributed by atoms with Gasteiger partial charge in [0.05, 0.1) is 11.5 Å². The lowest BCUT2D eigenvalue weighted by atomic mass is 9.92. The number of aromatic amines is 1. The van der Waals surface area contributed by atoms with E-state index in [4.69, 9.17) is 11.6 Å². The largest absolute Gasteiger partial charge is 0.325 e. The zero-order valence-corrected chi connectivity index (χ0v) is 18.1. The predicted octanol–water partition coefficient (Wildman–Crippen LogP) is 4.09. The quantitative estimate of drug-likeness (QED) is 0.398. The minimum Gasteiger partial charge on any atom is -0.325 e. The minimum atomic E-state index is -0.952. The summed E-state index contributed by atoms with van der Waals surface area (Å²) in [5, 5.41) is 6.29. The Balaban J connectivity index is 1.60. The fraction of sp³-hybridized carbons (Fsp3) is 0.182. The van der Waals surface area contributed by atoms with E-state index in [1.807, 2.05) is 30.3 Å². The molecule has 4 rings (SSSR count). The number of halogens is 1. The van der Waals surface area contributed by atoms with Crippen molar-refractivity contribution in [2.75, 3.05) is 10.6 Å². The first-order chi connectivity index (χ1) is 14.9. The molecule has 158 valence electrons. The van der Waals surface area contributed by atoms with Gasteiger partial charge in [-0.1, -0.05) is 59.8 Å². The molecule has 1 aliphatic rings. The van der Waals surface area contributed by atoms with Crippen LogP contribution in [0.3, 0.4) is 0 Å². The average Bonchev–Trinajstić information content (AvgIpc) is 2.75. The van der Waals surface area contributed by atoms with Gasteiger partial charge >= 0.3 is 0 Å². The zero-order valence-electron chi connectivity index (χ0n) is 16.6. The van der Waals surface area contributed by atoms with Crippen molar-refractivity contribution >= 4 is 46.7 Å². The first-order valence-corrected chi connectivity index (χ1v) is 11.0. The number of hydrogen-bond acceptors (Lipinski definition) is 5. The summed E-state index contributed by atoms with van der Waals surface area (Å²) in [6, 6.07) is 14.9. The third-order valence-corrected chi connectivity index (χ3v) is 6.34. The van der Waals surface area contributed by atoms with Gasteiger partial charge in [-0.3, -0.25) is 14.4 Å². The third kappa shape index (κ3) is 4.65. The summed E-state index contributed by atoms with van der Waals surface area (Å²) in [4.78, 5) is 45.2. The lowest BCUT2D eigenvalue weighted by Gasteiger charge is -2.24. The van der Waals surface area contributed by atoms with Crippen molar-refractivity contribution in [2.45, 2.75) is 30.2 Å². The number of carbonyl (C=O) groups is 2. The number of amides is 2. The Morgan fingerprint density at radius 2 is 1.97 bits per heavy atom. The second kappa shape index (κ2) is 8.95. The number of nitrogens with one attached hydrogen (secondary N) is 3. The van der Waals surface area contributed by atoms with Crippen LogP contribution >= 0.6 is 23.4 Å². The highest BCUT2D eigenvalue weighted by atomic mass is 35.5. The maximum Gasteiger partial charge on any atom is 0.257 e. The summed E-state index contributed by atoms with van der Waals surface area (Å²) >= 11 is 7.47. The summed E-state index contributed by atoms with van der Waals surface area (Å²) in [5.74, 6) is -1.05. The summed E-state index contributed by atoms with van der Waals surface area (Å²) in [7, 11) is 0. The summed E-state index contributed by atoms with van der Waals surface area (Å²) in [6.45, 7) is 1.78. The first-order valence-electron chi connectivity index (χ1n) is 9.59. The molecule has 0 spiro atoms. The van der Waals surface area contributed by atoms with Crippen LogP contribution in [0.15, 0.2) is 58.5 Å². The number of nitrogens with zero attached hydrogens (tertiary/aromatic N) is 1. The summed E-state index contributed by atoms with van der Waals surface area (Å²) in [5.41, 5.74) is 2.03. The Kier molecular flexibility index (Phi) is 6.11. The molecule has 0 saturated heterocycles. The van der Waals surface area contributed by atoms with E-state index in [1.165, 1.54) is 11.8 Å². The molecule has 2 aromatic carbocycles. The number of rotatable bonds is 5. The SMILES string of the molecule is Cc1c(Cl)cccc1NC(=O)[C@H]1CC(=O)Nc2nc(SCc3ccccc3)[nH]c(=O)c21. The van der Waals surface area contributed by atoms with Crippen molar-refractivity contribution in [2.24, 2.45) is 0 Å². The van der Waals surface area contributed by atoms with Gasteiger partial charge in [-0.25, -0.2) is 4.98 Å². The lowest BCUT2D eigenvalue weighted by molar-refractivity contribution is -0.123. The fourth-order valence-electron chi connectivity index (χ4n) is 3.33. The number of thioether (sulfide) groups is 1. The second-order valence-electron chi connectivity index (χ2n) is 7.11. The Bertz CT molecular complexity index is 1210. The van der Waals surface area contributed by atoms with Gasteiger partial charge in [0, 0.05) is 22.9 Å². The maximum absolute atomic E-state index is 13.0. The molecule has 31 heavy (non-hydrogen) atoms. The number of H-pyrrole nitrogens is 1. The summed E-state index contributed by atoms with van der Waals surface area (Å²) in [6.07, 6.45) is -0.139. The second-order valence-corrected chi connectivity index (χ2v) is 8.49. The third-order valence-electron chi connectivity index (χ3n) is 4.99. The molecular formula is C22H19ClN4O3S. The van der Waals surface area contributed by atoms with E-state index in [0.717, 1.165) is 5.56 Å². The van der Waals surface area contributed by atoms with Gasteiger partial charge in [0.15, 0.2) is 5.16 Å². The lowest BCUT2D eigenvalue weighted by Crippen LogP contribution is -2.36. The van der Waals surface area contributed by atoms with Gasteiger partial charge in [-0.05, 0) is 30.2 Å². The molecule has 0 aliphatic carbocycles. The number of anilines is 2. The van der Waals surface area contributed by atoms with Crippen LogP contribution in [0.2, 0.25) is 5.02 Å². The topological polar surface area (TPSA) is 104 Å². The van der Waals surface area contributed by atoms with E-state index < -0.39 is 17.4 Å². The van der Waals surface area contributed by atoms with Crippen LogP contribution in [-0.4, -0.2) is 21.8 Å². The van der Waals surface area contributed by atoms with Crippen LogP contribution in [0.25, 0.3) is 0 Å². The van der Waals surface area contributed by atoms with Crippen molar-refractivity contribution in [3.63, 3.8) is 0 Å². The molecule has 9 heteroatoms. The average molecular weight is 455 g/mol. The molecule has 3 N–H and O–H groups in total. The van der Waals surface area contributed by atoms with Gasteiger partial charge in [0.1, 0.15) is 5.82 Å². The van der Waals surface area contributed by atoms with Crippen molar-refractivity contribution < 1.29 is 9.59 Å². The molecule has 0 saturated carbocycles. The summed E-state index contributed by atoms with van der Waals surface area (Å²) < 4.78 is 0.